The molecule has 0 aliphatic heterocycles. The summed E-state index contributed by atoms with van der Waals surface area (Å²) in [5, 5.41) is 0. The topological polar surface area (TPSA) is 51.2 Å². The van der Waals surface area contributed by atoms with Crippen LogP contribution < -0.4 is 0 Å². The van der Waals surface area contributed by atoms with Crippen molar-refractivity contribution in [3.63, 3.8) is 0 Å². The summed E-state index contributed by atoms with van der Waals surface area (Å²) in [6.45, 7) is 0. The van der Waals surface area contributed by atoms with Crippen molar-refractivity contribution in [2.24, 2.45) is 0 Å². The van der Waals surface area contributed by atoms with Crippen LogP contribution in [0.3, 0.4) is 0 Å². The molecule has 1 atom stereocenters. The van der Waals surface area contributed by atoms with Crippen LogP contribution in [0.4, 0.5) is 0 Å². The van der Waals surface area contributed by atoms with Crippen LogP contribution in [0.25, 0.3) is 0 Å². The molecule has 0 N–H and O–H groups in total. The van der Waals surface area contributed by atoms with Gasteiger partial charge in [-0.25, -0.2) is 8.42 Å². The van der Waals surface area contributed by atoms with E-state index in [1.807, 2.05) is 0 Å². The molecule has 0 saturated heterocycles. The quantitative estimate of drug-likeness (QED) is 0.635. The van der Waals surface area contributed by atoms with Gasteiger partial charge in [-0.15, -0.1) is 0 Å². The van der Waals surface area contributed by atoms with E-state index >= 15 is 0 Å². The molecule has 0 saturated carbocycles. The Labute approximate surface area is 101 Å². The minimum atomic E-state index is -3.72. The lowest BCUT2D eigenvalue weighted by atomic mass is 10.1. The lowest BCUT2D eigenvalue weighted by Gasteiger charge is -2.15. The highest BCUT2D eigenvalue weighted by Crippen LogP contribution is 2.33. The van der Waals surface area contributed by atoms with Gasteiger partial charge in [-0.1, -0.05) is 41.9 Å². The molecule has 15 heavy (non-hydrogen) atoms. The number of hydrogen-bond donors (Lipinski definition) is 0. The van der Waals surface area contributed by atoms with E-state index in [2.05, 4.69) is 15.9 Å². The predicted octanol–water partition coefficient (Wildman–Crippen LogP) is 2.20. The zero-order valence-electron chi connectivity index (χ0n) is 7.78. The van der Waals surface area contributed by atoms with Crippen molar-refractivity contribution in [3.05, 3.63) is 35.9 Å². The van der Waals surface area contributed by atoms with E-state index in [0.29, 0.717) is 0 Å². The van der Waals surface area contributed by atoms with Gasteiger partial charge in [0.25, 0.3) is 3.12 Å². The molecule has 0 aliphatic carbocycles. The Morgan fingerprint density at radius 3 is 2.20 bits per heavy atom. The number of hydrogen-bond acceptors (Lipinski definition) is 3. The molecule has 3 nitrogen and oxygen atoms in total. The first-order chi connectivity index (χ1) is 6.77. The van der Waals surface area contributed by atoms with Crippen molar-refractivity contribution in [3.8, 4) is 0 Å². The number of Topliss-reactive ketones (excluding diaryl/α,β-unsaturated/α-hetero) is 1. The van der Waals surface area contributed by atoms with Gasteiger partial charge in [-0.05, 0) is 15.9 Å². The third-order valence-corrected chi connectivity index (χ3v) is 6.02. The second-order valence-corrected chi connectivity index (χ2v) is 8.10. The highest BCUT2D eigenvalue weighted by Gasteiger charge is 2.44. The Morgan fingerprint density at radius 1 is 1.33 bits per heavy atom. The van der Waals surface area contributed by atoms with Gasteiger partial charge in [0.05, 0.1) is 0 Å². The number of rotatable bonds is 3. The van der Waals surface area contributed by atoms with Crippen LogP contribution in [-0.4, -0.2) is 23.6 Å². The second kappa shape index (κ2) is 4.23. The first kappa shape index (κ1) is 12.7. The Kier molecular flexibility index (Phi) is 3.58. The number of sulfone groups is 1. The molecular weight excluding hydrogens is 304 g/mol. The Bertz CT molecular complexity index is 467. The molecule has 0 heterocycles. The first-order valence-corrected chi connectivity index (χ1v) is 7.00. The SMILES string of the molecule is CS(=O)(=O)C(Cl)(Br)C(=O)c1ccccc1. The van der Waals surface area contributed by atoms with E-state index in [4.69, 9.17) is 11.6 Å². The van der Waals surface area contributed by atoms with Crippen molar-refractivity contribution in [2.75, 3.05) is 6.26 Å². The Morgan fingerprint density at radius 2 is 1.80 bits per heavy atom. The Balaban J connectivity index is 3.17. The van der Waals surface area contributed by atoms with Crippen LogP contribution >= 0.6 is 27.5 Å². The van der Waals surface area contributed by atoms with E-state index in [9.17, 15) is 13.2 Å². The minimum Gasteiger partial charge on any atom is -0.290 e. The number of benzene rings is 1. The van der Waals surface area contributed by atoms with Crippen molar-refractivity contribution in [2.45, 2.75) is 3.12 Å². The van der Waals surface area contributed by atoms with Gasteiger partial charge in [0.1, 0.15) is 0 Å². The molecule has 0 bridgehead atoms. The average molecular weight is 312 g/mol. The van der Waals surface area contributed by atoms with Crippen LogP contribution in [0, 0.1) is 0 Å². The van der Waals surface area contributed by atoms with E-state index in [1.165, 1.54) is 12.1 Å². The lowest BCUT2D eigenvalue weighted by molar-refractivity contribution is 0.1000. The fourth-order valence-electron chi connectivity index (χ4n) is 0.926. The predicted molar refractivity (Wildman–Crippen MR) is 63.1 cm³/mol. The first-order valence-electron chi connectivity index (χ1n) is 3.94. The molecule has 1 unspecified atom stereocenters. The van der Waals surface area contributed by atoms with E-state index in [0.717, 1.165) is 6.26 Å². The van der Waals surface area contributed by atoms with E-state index in [1.54, 1.807) is 18.2 Å². The van der Waals surface area contributed by atoms with Crippen LogP contribution in [-0.2, 0) is 9.84 Å². The van der Waals surface area contributed by atoms with Crippen LogP contribution in [0.15, 0.2) is 30.3 Å². The fourth-order valence-corrected chi connectivity index (χ4v) is 1.72. The van der Waals surface area contributed by atoms with Crippen molar-refractivity contribution < 1.29 is 13.2 Å². The van der Waals surface area contributed by atoms with Crippen LogP contribution in [0.2, 0.25) is 0 Å². The summed E-state index contributed by atoms with van der Waals surface area (Å²) >= 11 is 8.41. The zero-order chi connectivity index (χ0) is 11.7. The molecule has 1 aromatic rings. The standard InChI is InChI=1S/C9H8BrClO3S/c1-15(13,14)9(10,11)8(12)7-5-3-2-4-6-7/h2-6H,1H3. The summed E-state index contributed by atoms with van der Waals surface area (Å²) in [6, 6.07) is 8.00. The summed E-state index contributed by atoms with van der Waals surface area (Å²) in [5.74, 6) is -0.688. The lowest BCUT2D eigenvalue weighted by Crippen LogP contribution is -2.34. The molecule has 0 aliphatic rings. The maximum absolute atomic E-state index is 11.8. The summed E-state index contributed by atoms with van der Waals surface area (Å²) in [4.78, 5) is 11.8. The highest BCUT2D eigenvalue weighted by atomic mass is 79.9. The number of carbonyl (C=O) groups is 1. The molecule has 0 amide bonds. The van der Waals surface area contributed by atoms with E-state index < -0.39 is 18.7 Å². The number of alkyl halides is 2. The summed E-state index contributed by atoms with van der Waals surface area (Å²) < 4.78 is 20.5. The van der Waals surface area contributed by atoms with E-state index in [-0.39, 0.29) is 5.56 Å². The highest BCUT2D eigenvalue weighted by molar-refractivity contribution is 9.12. The summed E-state index contributed by atoms with van der Waals surface area (Å²) in [5.41, 5.74) is 0.245. The number of carbonyl (C=O) groups excluding carboxylic acids is 1. The average Bonchev–Trinajstić information content (AvgIpc) is 2.16. The van der Waals surface area contributed by atoms with Crippen LogP contribution in [0.5, 0.6) is 0 Å². The van der Waals surface area contributed by atoms with Gasteiger partial charge in [-0.3, -0.25) is 4.79 Å². The summed E-state index contributed by atoms with van der Waals surface area (Å²) in [6.07, 6.45) is 0.898. The van der Waals surface area contributed by atoms with Gasteiger partial charge in [0.2, 0.25) is 5.78 Å². The van der Waals surface area contributed by atoms with Crippen molar-refractivity contribution in [1.82, 2.24) is 0 Å². The van der Waals surface area contributed by atoms with Crippen molar-refractivity contribution >= 4 is 43.2 Å². The summed E-state index contributed by atoms with van der Waals surface area (Å²) in [7, 11) is -3.72. The molecule has 82 valence electrons. The Hall–Kier alpha value is -0.390. The van der Waals surface area contributed by atoms with Crippen LogP contribution in [0.1, 0.15) is 10.4 Å². The monoisotopic (exact) mass is 310 g/mol. The molecular formula is C9H8BrClO3S. The molecule has 6 heteroatoms. The molecule has 1 rings (SSSR count). The van der Waals surface area contributed by atoms with Gasteiger partial charge in [0, 0.05) is 11.8 Å². The fraction of sp³-hybridized carbons (Fsp3) is 0.222. The second-order valence-electron chi connectivity index (χ2n) is 2.98. The third-order valence-electron chi connectivity index (χ3n) is 1.77. The van der Waals surface area contributed by atoms with Gasteiger partial charge in [-0.2, -0.15) is 0 Å². The largest absolute Gasteiger partial charge is 0.290 e. The maximum Gasteiger partial charge on any atom is 0.261 e. The third kappa shape index (κ3) is 2.59. The molecule has 0 radical (unpaired) electrons. The molecule has 0 fully saturated rings. The van der Waals surface area contributed by atoms with Crippen molar-refractivity contribution in [1.29, 1.82) is 0 Å². The zero-order valence-corrected chi connectivity index (χ0v) is 10.9. The molecule has 0 aromatic heterocycles. The normalized spacial score (nSPS) is 15.7. The molecule has 0 spiro atoms. The molecule has 1 aromatic carbocycles. The minimum absolute atomic E-state index is 0.245. The van der Waals surface area contributed by atoms with Gasteiger partial charge < -0.3 is 0 Å². The van der Waals surface area contributed by atoms with Gasteiger partial charge >= 0.3 is 0 Å². The number of ketones is 1. The number of halogens is 2. The maximum atomic E-state index is 11.8. The van der Waals surface area contributed by atoms with Gasteiger partial charge in [0.15, 0.2) is 9.84 Å². The smallest absolute Gasteiger partial charge is 0.261 e.